The number of primary amides is 2. The molecule has 0 bridgehead atoms. The molecule has 1 saturated carbocycles. The van der Waals surface area contributed by atoms with Crippen LogP contribution in [0.3, 0.4) is 0 Å². The first-order chi connectivity index (χ1) is 6.58. The van der Waals surface area contributed by atoms with E-state index in [-0.39, 0.29) is 11.8 Å². The van der Waals surface area contributed by atoms with Crippen molar-refractivity contribution in [3.8, 4) is 0 Å². The molecule has 4 N–H and O–H groups in total. The maximum atomic E-state index is 10.7. The van der Waals surface area contributed by atoms with Crippen molar-refractivity contribution in [3.05, 3.63) is 0 Å². The Morgan fingerprint density at radius 2 is 1.43 bits per heavy atom. The lowest BCUT2D eigenvalue weighted by atomic mass is 9.78. The molecule has 1 aliphatic rings. The van der Waals surface area contributed by atoms with Gasteiger partial charge in [-0.15, -0.1) is 0 Å². The van der Waals surface area contributed by atoms with Gasteiger partial charge in [0.15, 0.2) is 0 Å². The quantitative estimate of drug-likeness (QED) is 0.690. The second-order valence-corrected chi connectivity index (χ2v) is 4.24. The first-order valence-electron chi connectivity index (χ1n) is 5.14. The third-order valence-electron chi connectivity index (χ3n) is 2.87. The molecular weight excluding hydrogens is 180 g/mol. The van der Waals surface area contributed by atoms with Gasteiger partial charge in [-0.05, 0) is 31.1 Å². The Hall–Kier alpha value is -1.06. The average molecular weight is 198 g/mol. The zero-order valence-corrected chi connectivity index (χ0v) is 8.37. The van der Waals surface area contributed by atoms with Crippen molar-refractivity contribution in [1.82, 2.24) is 0 Å². The van der Waals surface area contributed by atoms with Gasteiger partial charge in [-0.25, -0.2) is 0 Å². The maximum Gasteiger partial charge on any atom is 0.217 e. The lowest BCUT2D eigenvalue weighted by Crippen LogP contribution is -2.25. The van der Waals surface area contributed by atoms with Gasteiger partial charge in [0.25, 0.3) is 0 Å². The van der Waals surface area contributed by atoms with Crippen molar-refractivity contribution >= 4 is 11.8 Å². The number of nitrogens with two attached hydrogens (primary N) is 2. The van der Waals surface area contributed by atoms with Gasteiger partial charge in [0, 0.05) is 12.8 Å². The fourth-order valence-electron chi connectivity index (χ4n) is 2.34. The summed E-state index contributed by atoms with van der Waals surface area (Å²) >= 11 is 0. The van der Waals surface area contributed by atoms with E-state index in [1.54, 1.807) is 0 Å². The van der Waals surface area contributed by atoms with Gasteiger partial charge in [-0.1, -0.05) is 6.42 Å². The number of hydrogen-bond acceptors (Lipinski definition) is 2. The molecule has 80 valence electrons. The van der Waals surface area contributed by atoms with Crippen LogP contribution in [-0.4, -0.2) is 11.8 Å². The van der Waals surface area contributed by atoms with Crippen molar-refractivity contribution in [2.45, 2.75) is 38.5 Å². The van der Waals surface area contributed by atoms with Crippen molar-refractivity contribution in [1.29, 1.82) is 0 Å². The largest absolute Gasteiger partial charge is 0.370 e. The van der Waals surface area contributed by atoms with Crippen LogP contribution < -0.4 is 11.5 Å². The highest BCUT2D eigenvalue weighted by Crippen LogP contribution is 2.32. The summed E-state index contributed by atoms with van der Waals surface area (Å²) in [6.45, 7) is 0. The van der Waals surface area contributed by atoms with Crippen molar-refractivity contribution in [2.24, 2.45) is 23.3 Å². The van der Waals surface area contributed by atoms with Crippen LogP contribution >= 0.6 is 0 Å². The highest BCUT2D eigenvalue weighted by Gasteiger charge is 2.24. The maximum absolute atomic E-state index is 10.7. The van der Waals surface area contributed by atoms with Gasteiger partial charge in [0.2, 0.25) is 11.8 Å². The van der Waals surface area contributed by atoms with E-state index < -0.39 is 0 Å². The summed E-state index contributed by atoms with van der Waals surface area (Å²) in [6.07, 6.45) is 5.02. The Bertz CT molecular complexity index is 206. The number of amides is 2. The third kappa shape index (κ3) is 3.77. The smallest absolute Gasteiger partial charge is 0.217 e. The van der Waals surface area contributed by atoms with E-state index >= 15 is 0 Å². The Morgan fingerprint density at radius 1 is 1.00 bits per heavy atom. The molecule has 4 nitrogen and oxygen atoms in total. The third-order valence-corrected chi connectivity index (χ3v) is 2.87. The normalized spacial score (nSPS) is 27.1. The average Bonchev–Trinajstić information content (AvgIpc) is 2.01. The van der Waals surface area contributed by atoms with Gasteiger partial charge in [0.05, 0.1) is 0 Å². The van der Waals surface area contributed by atoms with Crippen LogP contribution in [-0.2, 0) is 9.59 Å². The first-order valence-corrected chi connectivity index (χ1v) is 5.14. The molecule has 1 fully saturated rings. The van der Waals surface area contributed by atoms with E-state index in [1.807, 2.05) is 0 Å². The number of hydrogen-bond donors (Lipinski definition) is 2. The van der Waals surface area contributed by atoms with Gasteiger partial charge in [-0.3, -0.25) is 9.59 Å². The Morgan fingerprint density at radius 3 is 1.79 bits per heavy atom. The summed E-state index contributed by atoms with van der Waals surface area (Å²) in [5.41, 5.74) is 10.3. The molecule has 1 rings (SSSR count). The lowest BCUT2D eigenvalue weighted by molar-refractivity contribution is -0.119. The Kier molecular flexibility index (Phi) is 3.92. The van der Waals surface area contributed by atoms with E-state index in [4.69, 9.17) is 11.5 Å². The standard InChI is InChI=1S/C10H18N2O2/c11-9(13)5-7-2-1-3-8(4-7)6-10(12)14/h7-8H,1-6H2,(H2,11,13)(H2,12,14). The molecule has 0 spiro atoms. The summed E-state index contributed by atoms with van der Waals surface area (Å²) in [6, 6.07) is 0. The van der Waals surface area contributed by atoms with Crippen LogP contribution in [0.4, 0.5) is 0 Å². The van der Waals surface area contributed by atoms with Gasteiger partial charge < -0.3 is 11.5 Å². The van der Waals surface area contributed by atoms with Gasteiger partial charge >= 0.3 is 0 Å². The topological polar surface area (TPSA) is 86.2 Å². The number of carbonyl (C=O) groups excluding carboxylic acids is 2. The minimum Gasteiger partial charge on any atom is -0.370 e. The fourth-order valence-corrected chi connectivity index (χ4v) is 2.34. The zero-order valence-electron chi connectivity index (χ0n) is 8.37. The monoisotopic (exact) mass is 198 g/mol. The van der Waals surface area contributed by atoms with Crippen molar-refractivity contribution in [3.63, 3.8) is 0 Å². The Balaban J connectivity index is 2.35. The van der Waals surface area contributed by atoms with E-state index in [9.17, 15) is 9.59 Å². The second kappa shape index (κ2) is 4.98. The zero-order chi connectivity index (χ0) is 10.6. The predicted molar refractivity (Wildman–Crippen MR) is 53.1 cm³/mol. The van der Waals surface area contributed by atoms with Crippen LogP contribution in [0.2, 0.25) is 0 Å². The molecule has 0 heterocycles. The molecule has 0 aromatic heterocycles. The van der Waals surface area contributed by atoms with E-state index in [1.165, 1.54) is 0 Å². The minimum atomic E-state index is -0.241. The van der Waals surface area contributed by atoms with Crippen LogP contribution in [0.1, 0.15) is 38.5 Å². The molecule has 1 aliphatic carbocycles. The predicted octanol–water partition coefficient (Wildman–Crippen LogP) is 0.544. The molecule has 2 amide bonds. The highest BCUT2D eigenvalue weighted by molar-refractivity contribution is 5.74. The first kappa shape index (κ1) is 11.0. The molecule has 4 heteroatoms. The summed E-state index contributed by atoms with van der Waals surface area (Å²) in [5.74, 6) is 0.251. The van der Waals surface area contributed by atoms with Crippen LogP contribution in [0.15, 0.2) is 0 Å². The molecule has 0 radical (unpaired) electrons. The number of carbonyl (C=O) groups is 2. The van der Waals surface area contributed by atoms with Crippen molar-refractivity contribution < 1.29 is 9.59 Å². The Labute approximate surface area is 84.0 Å². The highest BCUT2D eigenvalue weighted by atomic mass is 16.1. The minimum absolute atomic E-state index is 0.241. The van der Waals surface area contributed by atoms with E-state index in [2.05, 4.69) is 0 Å². The van der Waals surface area contributed by atoms with Crippen LogP contribution in [0, 0.1) is 11.8 Å². The van der Waals surface area contributed by atoms with Crippen molar-refractivity contribution in [2.75, 3.05) is 0 Å². The molecule has 14 heavy (non-hydrogen) atoms. The molecule has 0 aromatic rings. The van der Waals surface area contributed by atoms with Crippen LogP contribution in [0.5, 0.6) is 0 Å². The summed E-state index contributed by atoms with van der Waals surface area (Å²) in [7, 11) is 0. The summed E-state index contributed by atoms with van der Waals surface area (Å²) in [5, 5.41) is 0. The molecule has 2 atom stereocenters. The fraction of sp³-hybridized carbons (Fsp3) is 0.800. The molecule has 2 unspecified atom stereocenters. The summed E-state index contributed by atoms with van der Waals surface area (Å²) in [4.78, 5) is 21.5. The molecule has 0 aromatic carbocycles. The number of rotatable bonds is 4. The van der Waals surface area contributed by atoms with E-state index in [0.717, 1.165) is 25.7 Å². The van der Waals surface area contributed by atoms with Gasteiger partial charge in [0.1, 0.15) is 0 Å². The summed E-state index contributed by atoms with van der Waals surface area (Å²) < 4.78 is 0. The molecule has 0 aliphatic heterocycles. The second-order valence-electron chi connectivity index (χ2n) is 4.24. The van der Waals surface area contributed by atoms with Gasteiger partial charge in [-0.2, -0.15) is 0 Å². The molecular formula is C10H18N2O2. The lowest BCUT2D eigenvalue weighted by Gasteiger charge is -2.27. The molecule has 0 saturated heterocycles. The van der Waals surface area contributed by atoms with E-state index in [0.29, 0.717) is 24.7 Å². The van der Waals surface area contributed by atoms with Crippen LogP contribution in [0.25, 0.3) is 0 Å². The SMILES string of the molecule is NC(=O)CC1CCCC(CC(N)=O)C1.